The summed E-state index contributed by atoms with van der Waals surface area (Å²) in [5, 5.41) is 5.56. The van der Waals surface area contributed by atoms with Gasteiger partial charge >= 0.3 is 6.03 Å². The van der Waals surface area contributed by atoms with E-state index >= 15 is 0 Å². The van der Waals surface area contributed by atoms with Crippen molar-refractivity contribution < 1.29 is 23.9 Å². The predicted octanol–water partition coefficient (Wildman–Crippen LogP) is 3.35. The van der Waals surface area contributed by atoms with Crippen molar-refractivity contribution in [2.45, 2.75) is 58.6 Å². The number of rotatable bonds is 5. The molecule has 1 saturated carbocycles. The summed E-state index contributed by atoms with van der Waals surface area (Å²) in [6, 6.07) is 4.53. The van der Waals surface area contributed by atoms with Gasteiger partial charge in [-0.1, -0.05) is 20.3 Å². The number of urea groups is 1. The van der Waals surface area contributed by atoms with Crippen LogP contribution in [0.2, 0.25) is 0 Å². The monoisotopic (exact) mass is 488 g/mol. The van der Waals surface area contributed by atoms with Gasteiger partial charge < -0.3 is 29.9 Å². The average molecular weight is 489 g/mol. The van der Waals surface area contributed by atoms with E-state index in [-0.39, 0.29) is 48.4 Å². The molecule has 3 rings (SSSR count). The second-order valence-corrected chi connectivity index (χ2v) is 9.81. The predicted molar refractivity (Wildman–Crippen MR) is 135 cm³/mol. The summed E-state index contributed by atoms with van der Waals surface area (Å²) in [6.45, 7) is 7.73. The van der Waals surface area contributed by atoms with Gasteiger partial charge in [0, 0.05) is 57.4 Å². The first-order chi connectivity index (χ1) is 16.7. The zero-order chi connectivity index (χ0) is 25.5. The van der Waals surface area contributed by atoms with Crippen LogP contribution in [0.25, 0.3) is 0 Å². The number of ether oxygens (including phenoxy) is 2. The van der Waals surface area contributed by atoms with E-state index in [2.05, 4.69) is 17.6 Å². The number of carbonyl (C=O) groups is 3. The maximum Gasteiger partial charge on any atom is 0.319 e. The molecule has 1 aromatic rings. The van der Waals surface area contributed by atoms with E-state index in [0.717, 1.165) is 25.7 Å². The molecule has 2 aliphatic rings. The van der Waals surface area contributed by atoms with E-state index in [1.807, 2.05) is 18.7 Å². The van der Waals surface area contributed by atoms with Gasteiger partial charge in [0.25, 0.3) is 5.91 Å². The second-order valence-electron chi connectivity index (χ2n) is 9.81. The molecule has 0 unspecified atom stereocenters. The molecular formula is C26H40N4O5. The third-order valence-corrected chi connectivity index (χ3v) is 6.98. The van der Waals surface area contributed by atoms with Crippen molar-refractivity contribution in [2.75, 3.05) is 45.7 Å². The van der Waals surface area contributed by atoms with Crippen molar-refractivity contribution in [3.8, 4) is 5.75 Å². The highest BCUT2D eigenvalue weighted by Crippen LogP contribution is 2.31. The Morgan fingerprint density at radius 3 is 2.57 bits per heavy atom. The van der Waals surface area contributed by atoms with Crippen molar-refractivity contribution in [1.82, 2.24) is 15.1 Å². The number of nitrogens with zero attached hydrogens (tertiary/aromatic N) is 2. The van der Waals surface area contributed by atoms with Crippen molar-refractivity contribution in [2.24, 2.45) is 11.8 Å². The van der Waals surface area contributed by atoms with Crippen LogP contribution < -0.4 is 15.4 Å². The van der Waals surface area contributed by atoms with Crippen LogP contribution in [-0.2, 0) is 9.53 Å². The summed E-state index contributed by atoms with van der Waals surface area (Å²) in [6.07, 6.45) is 3.56. The van der Waals surface area contributed by atoms with Gasteiger partial charge in [-0.15, -0.1) is 0 Å². The van der Waals surface area contributed by atoms with Crippen LogP contribution in [0, 0.1) is 11.8 Å². The number of hydrogen-bond donors (Lipinski definition) is 2. The standard InChI is InChI=1S/C26H40N4O5/c1-6-12-27-26(33)28-20-10-11-21-22(13-20)35-16-18(3)30(24(31)19-8-7-9-19)14-17(2)23(34-5)15-29(4)25(21)32/h10-11,13,17-19,23H,6-9,12,14-16H2,1-5H3,(H2,27,28,33)/t17-,18-,23-/m1/s1. The van der Waals surface area contributed by atoms with Crippen LogP contribution in [0.3, 0.4) is 0 Å². The molecule has 1 fully saturated rings. The number of benzene rings is 1. The number of likely N-dealkylation sites (N-methyl/N-ethyl adjacent to an activating group) is 1. The molecule has 3 atom stereocenters. The summed E-state index contributed by atoms with van der Waals surface area (Å²) in [4.78, 5) is 42.3. The Balaban J connectivity index is 1.90. The largest absolute Gasteiger partial charge is 0.491 e. The van der Waals surface area contributed by atoms with Crippen molar-refractivity contribution >= 4 is 23.5 Å². The summed E-state index contributed by atoms with van der Waals surface area (Å²) >= 11 is 0. The van der Waals surface area contributed by atoms with Crippen LogP contribution in [0.15, 0.2) is 18.2 Å². The Morgan fingerprint density at radius 2 is 1.94 bits per heavy atom. The summed E-state index contributed by atoms with van der Waals surface area (Å²) in [7, 11) is 3.38. The Hall–Kier alpha value is -2.81. The lowest BCUT2D eigenvalue weighted by molar-refractivity contribution is -0.142. The number of amides is 4. The van der Waals surface area contributed by atoms with Crippen molar-refractivity contribution in [1.29, 1.82) is 0 Å². The van der Waals surface area contributed by atoms with E-state index in [0.29, 0.717) is 36.6 Å². The molecule has 0 spiro atoms. The van der Waals surface area contributed by atoms with Crippen molar-refractivity contribution in [3.63, 3.8) is 0 Å². The van der Waals surface area contributed by atoms with E-state index in [9.17, 15) is 14.4 Å². The maximum absolute atomic E-state index is 13.3. The minimum absolute atomic E-state index is 0.0360. The normalized spacial score (nSPS) is 23.8. The Bertz CT molecular complexity index is 904. The highest BCUT2D eigenvalue weighted by molar-refractivity contribution is 5.98. The molecule has 0 aromatic heterocycles. The lowest BCUT2D eigenvalue weighted by atomic mass is 9.83. The number of hydrogen-bond acceptors (Lipinski definition) is 5. The number of nitrogens with one attached hydrogen (secondary N) is 2. The molecule has 1 heterocycles. The van der Waals surface area contributed by atoms with Gasteiger partial charge in [0.15, 0.2) is 0 Å². The van der Waals surface area contributed by atoms with Crippen LogP contribution in [0.5, 0.6) is 5.75 Å². The minimum atomic E-state index is -0.314. The zero-order valence-electron chi connectivity index (χ0n) is 21.6. The van der Waals surface area contributed by atoms with E-state index in [1.54, 1.807) is 37.3 Å². The average Bonchev–Trinajstić information content (AvgIpc) is 2.80. The molecule has 4 amide bonds. The van der Waals surface area contributed by atoms with Gasteiger partial charge in [0.1, 0.15) is 12.4 Å². The van der Waals surface area contributed by atoms with E-state index < -0.39 is 0 Å². The molecular weight excluding hydrogens is 448 g/mol. The highest BCUT2D eigenvalue weighted by atomic mass is 16.5. The first-order valence-electron chi connectivity index (χ1n) is 12.7. The fourth-order valence-electron chi connectivity index (χ4n) is 4.46. The Labute approximate surface area is 208 Å². The van der Waals surface area contributed by atoms with Gasteiger partial charge in [0.2, 0.25) is 5.91 Å². The fourth-order valence-corrected chi connectivity index (χ4v) is 4.46. The molecule has 194 valence electrons. The molecule has 9 nitrogen and oxygen atoms in total. The molecule has 2 N–H and O–H groups in total. The molecule has 1 aliphatic heterocycles. The molecule has 9 heteroatoms. The second kappa shape index (κ2) is 12.2. The van der Waals surface area contributed by atoms with Gasteiger partial charge in [-0.3, -0.25) is 9.59 Å². The molecule has 0 saturated heterocycles. The molecule has 0 radical (unpaired) electrons. The Morgan fingerprint density at radius 1 is 1.20 bits per heavy atom. The lowest BCUT2D eigenvalue weighted by Gasteiger charge is -2.39. The van der Waals surface area contributed by atoms with E-state index in [4.69, 9.17) is 9.47 Å². The van der Waals surface area contributed by atoms with Crippen LogP contribution in [-0.4, -0.2) is 80.2 Å². The smallest absolute Gasteiger partial charge is 0.319 e. The summed E-state index contributed by atoms with van der Waals surface area (Å²) in [5.74, 6) is 0.465. The summed E-state index contributed by atoms with van der Waals surface area (Å²) in [5.41, 5.74) is 0.928. The quantitative estimate of drug-likeness (QED) is 0.662. The molecule has 1 aliphatic carbocycles. The van der Waals surface area contributed by atoms with Crippen LogP contribution in [0.4, 0.5) is 10.5 Å². The highest BCUT2D eigenvalue weighted by Gasteiger charge is 2.35. The first-order valence-corrected chi connectivity index (χ1v) is 12.7. The number of carbonyl (C=O) groups excluding carboxylic acids is 3. The van der Waals surface area contributed by atoms with Crippen LogP contribution in [0.1, 0.15) is 56.8 Å². The SMILES string of the molecule is CCCNC(=O)Nc1ccc2c(c1)OC[C@@H](C)N(C(=O)C1CCC1)C[C@@H](C)[C@H](OC)CN(C)C2=O. The lowest BCUT2D eigenvalue weighted by Crippen LogP contribution is -2.51. The molecule has 1 aromatic carbocycles. The minimum Gasteiger partial charge on any atom is -0.491 e. The van der Waals surface area contributed by atoms with E-state index in [1.165, 1.54) is 0 Å². The Kier molecular flexibility index (Phi) is 9.37. The maximum atomic E-state index is 13.3. The molecule has 0 bridgehead atoms. The topological polar surface area (TPSA) is 100 Å². The van der Waals surface area contributed by atoms with Crippen LogP contribution >= 0.6 is 0 Å². The molecule has 35 heavy (non-hydrogen) atoms. The fraction of sp³-hybridized carbons (Fsp3) is 0.654. The summed E-state index contributed by atoms with van der Waals surface area (Å²) < 4.78 is 11.9. The van der Waals surface area contributed by atoms with Gasteiger partial charge in [-0.2, -0.15) is 0 Å². The number of fused-ring (bicyclic) bond motifs is 1. The number of methoxy groups -OCH3 is 1. The number of anilines is 1. The van der Waals surface area contributed by atoms with Gasteiger partial charge in [-0.25, -0.2) is 4.79 Å². The third kappa shape index (κ3) is 6.66. The van der Waals surface area contributed by atoms with Gasteiger partial charge in [-0.05, 0) is 38.3 Å². The van der Waals surface area contributed by atoms with Crippen molar-refractivity contribution in [3.05, 3.63) is 23.8 Å². The third-order valence-electron chi connectivity index (χ3n) is 6.98. The van der Waals surface area contributed by atoms with Gasteiger partial charge in [0.05, 0.1) is 17.7 Å². The first kappa shape index (κ1) is 26.8. The zero-order valence-corrected chi connectivity index (χ0v) is 21.6.